The van der Waals surface area contributed by atoms with Gasteiger partial charge in [-0.05, 0) is 36.4 Å². The van der Waals surface area contributed by atoms with Crippen molar-refractivity contribution in [3.63, 3.8) is 0 Å². The van der Waals surface area contributed by atoms with Crippen molar-refractivity contribution in [1.82, 2.24) is 4.98 Å². The molecule has 0 aliphatic rings. The first-order valence-electron chi connectivity index (χ1n) is 7.55. The van der Waals surface area contributed by atoms with Gasteiger partial charge in [0.05, 0.1) is 35.2 Å². The molecule has 0 unspecified atom stereocenters. The number of aromatic nitrogens is 1. The summed E-state index contributed by atoms with van der Waals surface area (Å²) in [6.45, 7) is 0. The number of benzene rings is 2. The van der Waals surface area contributed by atoms with E-state index in [9.17, 15) is 0 Å². The summed E-state index contributed by atoms with van der Waals surface area (Å²) >= 11 is 0. The predicted molar refractivity (Wildman–Crippen MR) is 99.6 cm³/mol. The third-order valence-electron chi connectivity index (χ3n) is 3.12. The number of rotatable bonds is 6. The third kappa shape index (κ3) is 4.78. The Hall–Kier alpha value is -3.47. The number of para-hydroxylation sites is 2. The van der Waals surface area contributed by atoms with Crippen molar-refractivity contribution < 1.29 is 0 Å². The molecule has 0 radical (unpaired) electrons. The lowest BCUT2D eigenvalue weighted by atomic mass is 10.3. The first kappa shape index (κ1) is 15.4. The molecule has 5 heteroatoms. The van der Waals surface area contributed by atoms with Gasteiger partial charge in [-0.15, -0.1) is 0 Å². The van der Waals surface area contributed by atoms with Crippen LogP contribution < -0.4 is 10.9 Å². The van der Waals surface area contributed by atoms with Crippen LogP contribution in [0.15, 0.2) is 89.1 Å². The van der Waals surface area contributed by atoms with E-state index in [1.54, 1.807) is 12.4 Å². The molecular weight excluding hydrogens is 298 g/mol. The predicted octanol–water partition coefficient (Wildman–Crippen LogP) is 3.97. The summed E-state index contributed by atoms with van der Waals surface area (Å²) in [6.07, 6.45) is 3.35. The van der Waals surface area contributed by atoms with Gasteiger partial charge in [0.1, 0.15) is 0 Å². The van der Waals surface area contributed by atoms with Crippen LogP contribution in [0.2, 0.25) is 0 Å². The lowest BCUT2D eigenvalue weighted by Crippen LogP contribution is -1.97. The zero-order valence-corrected chi connectivity index (χ0v) is 13.0. The van der Waals surface area contributed by atoms with Crippen molar-refractivity contribution in [2.75, 3.05) is 10.9 Å². The van der Waals surface area contributed by atoms with Crippen molar-refractivity contribution >= 4 is 23.8 Å². The Balaban J connectivity index is 1.59. The van der Waals surface area contributed by atoms with Crippen LogP contribution in [0.1, 0.15) is 11.4 Å². The molecule has 0 saturated carbocycles. The third-order valence-corrected chi connectivity index (χ3v) is 3.12. The van der Waals surface area contributed by atoms with Gasteiger partial charge in [-0.25, -0.2) is 4.98 Å². The first-order chi connectivity index (χ1) is 11.9. The molecule has 5 nitrogen and oxygen atoms in total. The van der Waals surface area contributed by atoms with Crippen LogP contribution in [0.4, 0.5) is 11.4 Å². The van der Waals surface area contributed by atoms with Crippen LogP contribution in [-0.2, 0) is 0 Å². The van der Waals surface area contributed by atoms with Crippen LogP contribution in [-0.4, -0.2) is 17.4 Å². The summed E-state index contributed by atoms with van der Waals surface area (Å²) < 4.78 is 0. The van der Waals surface area contributed by atoms with E-state index >= 15 is 0 Å². The molecule has 0 spiro atoms. The smallest absolute Gasteiger partial charge is 0.0838 e. The van der Waals surface area contributed by atoms with E-state index in [0.29, 0.717) is 0 Å². The van der Waals surface area contributed by atoms with Crippen LogP contribution in [0, 0.1) is 0 Å². The number of hydrogen-bond acceptors (Lipinski definition) is 5. The second kappa shape index (κ2) is 8.24. The molecule has 0 aliphatic heterocycles. The minimum atomic E-state index is 0.752. The molecule has 0 saturated heterocycles. The Bertz CT molecular complexity index is 747. The fraction of sp³-hybridized carbons (Fsp3) is 0. The minimum absolute atomic E-state index is 0.752. The number of hydrazone groups is 2. The Morgan fingerprint density at radius 1 is 0.583 bits per heavy atom. The quantitative estimate of drug-likeness (QED) is 0.534. The average molecular weight is 315 g/mol. The Morgan fingerprint density at radius 3 is 1.50 bits per heavy atom. The molecule has 1 heterocycles. The molecule has 24 heavy (non-hydrogen) atoms. The van der Waals surface area contributed by atoms with Gasteiger partial charge in [0.15, 0.2) is 0 Å². The summed E-state index contributed by atoms with van der Waals surface area (Å²) in [5, 5.41) is 8.37. The van der Waals surface area contributed by atoms with E-state index in [-0.39, 0.29) is 0 Å². The van der Waals surface area contributed by atoms with Gasteiger partial charge < -0.3 is 0 Å². The molecule has 0 amide bonds. The van der Waals surface area contributed by atoms with Gasteiger partial charge in [0.2, 0.25) is 0 Å². The van der Waals surface area contributed by atoms with Gasteiger partial charge in [0.25, 0.3) is 0 Å². The Labute approximate surface area is 140 Å². The van der Waals surface area contributed by atoms with Crippen molar-refractivity contribution in [2.24, 2.45) is 10.2 Å². The molecule has 2 aromatic carbocycles. The largest absolute Gasteiger partial charge is 0.278 e. The van der Waals surface area contributed by atoms with Crippen molar-refractivity contribution in [3.8, 4) is 0 Å². The molecule has 118 valence electrons. The normalized spacial score (nSPS) is 11.0. The highest BCUT2D eigenvalue weighted by molar-refractivity contribution is 5.82. The zero-order chi connectivity index (χ0) is 16.5. The van der Waals surface area contributed by atoms with Gasteiger partial charge in [-0.3, -0.25) is 10.9 Å². The maximum absolute atomic E-state index is 4.46. The monoisotopic (exact) mass is 315 g/mol. The highest BCUT2D eigenvalue weighted by Crippen LogP contribution is 2.05. The van der Waals surface area contributed by atoms with Crippen LogP contribution in [0.5, 0.6) is 0 Å². The SMILES string of the molecule is C(=NNc1ccccc1)c1cccc(C=NNc2ccccc2)n1. The van der Waals surface area contributed by atoms with Crippen molar-refractivity contribution in [3.05, 3.63) is 90.3 Å². The van der Waals surface area contributed by atoms with E-state index in [0.717, 1.165) is 22.8 Å². The van der Waals surface area contributed by atoms with Crippen LogP contribution in [0.3, 0.4) is 0 Å². The topological polar surface area (TPSA) is 61.7 Å². The van der Waals surface area contributed by atoms with E-state index < -0.39 is 0 Å². The molecule has 3 aromatic rings. The minimum Gasteiger partial charge on any atom is -0.278 e. The Morgan fingerprint density at radius 2 is 1.04 bits per heavy atom. The molecule has 2 N–H and O–H groups in total. The first-order valence-corrected chi connectivity index (χ1v) is 7.55. The fourth-order valence-electron chi connectivity index (χ4n) is 1.98. The number of pyridine rings is 1. The summed E-state index contributed by atoms with van der Waals surface area (Å²) in [5.41, 5.74) is 9.28. The Kier molecular flexibility index (Phi) is 5.30. The lowest BCUT2D eigenvalue weighted by Gasteiger charge is -2.00. The molecule has 3 rings (SSSR count). The van der Waals surface area contributed by atoms with Crippen molar-refractivity contribution in [2.45, 2.75) is 0 Å². The average Bonchev–Trinajstić information content (AvgIpc) is 2.64. The van der Waals surface area contributed by atoms with Gasteiger partial charge in [-0.2, -0.15) is 10.2 Å². The summed E-state index contributed by atoms with van der Waals surface area (Å²) in [5.74, 6) is 0. The number of nitrogens with one attached hydrogen (secondary N) is 2. The summed E-state index contributed by atoms with van der Waals surface area (Å²) in [7, 11) is 0. The van der Waals surface area contributed by atoms with Gasteiger partial charge >= 0.3 is 0 Å². The maximum atomic E-state index is 4.46. The lowest BCUT2D eigenvalue weighted by molar-refractivity contribution is 1.25. The maximum Gasteiger partial charge on any atom is 0.0838 e. The molecule has 0 bridgehead atoms. The highest BCUT2D eigenvalue weighted by atomic mass is 15.3. The summed E-state index contributed by atoms with van der Waals surface area (Å²) in [6, 6.07) is 25.2. The number of anilines is 2. The fourth-order valence-corrected chi connectivity index (χ4v) is 1.98. The molecule has 1 aromatic heterocycles. The number of hydrogen-bond donors (Lipinski definition) is 2. The molecular formula is C19H17N5. The van der Waals surface area contributed by atoms with E-state index in [1.165, 1.54) is 0 Å². The van der Waals surface area contributed by atoms with E-state index in [1.807, 2.05) is 78.9 Å². The summed E-state index contributed by atoms with van der Waals surface area (Å²) in [4.78, 5) is 4.46. The van der Waals surface area contributed by atoms with Crippen LogP contribution in [0.25, 0.3) is 0 Å². The zero-order valence-electron chi connectivity index (χ0n) is 13.0. The van der Waals surface area contributed by atoms with Gasteiger partial charge in [-0.1, -0.05) is 42.5 Å². The van der Waals surface area contributed by atoms with E-state index in [4.69, 9.17) is 0 Å². The van der Waals surface area contributed by atoms with E-state index in [2.05, 4.69) is 26.0 Å². The highest BCUT2D eigenvalue weighted by Gasteiger charge is 1.93. The second-order valence-electron chi connectivity index (χ2n) is 4.96. The van der Waals surface area contributed by atoms with Crippen LogP contribution >= 0.6 is 0 Å². The molecule has 0 atom stereocenters. The standard InChI is InChI=1S/C19H17N5/c1-3-8-16(9-4-1)23-20-14-18-12-7-13-19(22-18)15-21-24-17-10-5-2-6-11-17/h1-15,23-24H. The second-order valence-corrected chi connectivity index (χ2v) is 4.96. The van der Waals surface area contributed by atoms with Crippen molar-refractivity contribution in [1.29, 1.82) is 0 Å². The number of nitrogens with zero attached hydrogens (tertiary/aromatic N) is 3. The van der Waals surface area contributed by atoms with Gasteiger partial charge in [0, 0.05) is 0 Å². The molecule has 0 fully saturated rings. The molecule has 0 aliphatic carbocycles.